The Kier molecular flexibility index (Phi) is 3.06. The Hall–Kier alpha value is -1.75. The Morgan fingerprint density at radius 1 is 1.16 bits per heavy atom. The van der Waals surface area contributed by atoms with Gasteiger partial charge in [0.05, 0.1) is 0 Å². The van der Waals surface area contributed by atoms with Crippen LogP contribution in [0.5, 0.6) is 0 Å². The van der Waals surface area contributed by atoms with Crippen molar-refractivity contribution in [3.63, 3.8) is 0 Å². The van der Waals surface area contributed by atoms with Gasteiger partial charge in [0.1, 0.15) is 5.01 Å². The van der Waals surface area contributed by atoms with Crippen molar-refractivity contribution in [2.75, 3.05) is 0 Å². The van der Waals surface area contributed by atoms with Gasteiger partial charge in [-0.2, -0.15) is 9.61 Å². The van der Waals surface area contributed by atoms with Gasteiger partial charge in [-0.1, -0.05) is 55.0 Å². The molecule has 0 spiro atoms. The van der Waals surface area contributed by atoms with E-state index in [1.807, 2.05) is 4.52 Å². The predicted octanol–water partition coefficient (Wildman–Crippen LogP) is 3.36. The highest BCUT2D eigenvalue weighted by atomic mass is 32.1. The lowest BCUT2D eigenvalue weighted by Gasteiger charge is -1.99. The van der Waals surface area contributed by atoms with Gasteiger partial charge in [0.2, 0.25) is 4.96 Å². The Labute approximate surface area is 116 Å². The molecule has 0 unspecified atom stereocenters. The molecule has 98 valence electrons. The lowest BCUT2D eigenvalue weighted by Crippen LogP contribution is -2.01. The molecule has 0 radical (unpaired) electrons. The monoisotopic (exact) mass is 272 g/mol. The van der Waals surface area contributed by atoms with E-state index >= 15 is 0 Å². The van der Waals surface area contributed by atoms with Gasteiger partial charge in [-0.3, -0.25) is 0 Å². The van der Waals surface area contributed by atoms with Crippen molar-refractivity contribution in [3.8, 4) is 10.6 Å². The second-order valence-electron chi connectivity index (χ2n) is 5.18. The summed E-state index contributed by atoms with van der Waals surface area (Å²) in [5.41, 5.74) is 2.39. The Morgan fingerprint density at radius 3 is 2.58 bits per heavy atom. The average molecular weight is 272 g/mol. The highest BCUT2D eigenvalue weighted by Crippen LogP contribution is 2.25. The molecule has 0 aliphatic carbocycles. The van der Waals surface area contributed by atoms with Crippen LogP contribution < -0.4 is 0 Å². The zero-order valence-electron chi connectivity index (χ0n) is 11.3. The average Bonchev–Trinajstić information content (AvgIpc) is 2.92. The van der Waals surface area contributed by atoms with Crippen LogP contribution in [0.1, 0.15) is 25.2 Å². The summed E-state index contributed by atoms with van der Waals surface area (Å²) < 4.78 is 1.87. The fraction of sp³-hybridized carbons (Fsp3) is 0.357. The Balaban J connectivity index is 2.02. The van der Waals surface area contributed by atoms with Crippen molar-refractivity contribution in [1.82, 2.24) is 19.8 Å². The lowest BCUT2D eigenvalue weighted by molar-refractivity contribution is 0.607. The molecule has 5 heteroatoms. The fourth-order valence-corrected chi connectivity index (χ4v) is 2.83. The summed E-state index contributed by atoms with van der Waals surface area (Å²) in [4.78, 5) is 0.867. The molecule has 2 aromatic heterocycles. The minimum Gasteiger partial charge on any atom is -0.187 e. The second-order valence-corrected chi connectivity index (χ2v) is 6.14. The zero-order valence-corrected chi connectivity index (χ0v) is 12.1. The summed E-state index contributed by atoms with van der Waals surface area (Å²) >= 11 is 1.58. The van der Waals surface area contributed by atoms with Crippen LogP contribution in [-0.2, 0) is 6.42 Å². The van der Waals surface area contributed by atoms with Gasteiger partial charge in [0.25, 0.3) is 0 Å². The maximum absolute atomic E-state index is 4.64. The van der Waals surface area contributed by atoms with Gasteiger partial charge in [0, 0.05) is 12.0 Å². The summed E-state index contributed by atoms with van der Waals surface area (Å²) in [5, 5.41) is 14.0. The first-order chi connectivity index (χ1) is 9.13. The van der Waals surface area contributed by atoms with Gasteiger partial charge >= 0.3 is 0 Å². The maximum Gasteiger partial charge on any atom is 0.234 e. The molecular weight excluding hydrogens is 256 g/mol. The first-order valence-corrected chi connectivity index (χ1v) is 7.23. The number of hydrogen-bond acceptors (Lipinski definition) is 4. The number of nitrogens with zero attached hydrogens (tertiary/aromatic N) is 4. The zero-order chi connectivity index (χ0) is 13.4. The molecule has 19 heavy (non-hydrogen) atoms. The largest absolute Gasteiger partial charge is 0.234 e. The summed E-state index contributed by atoms with van der Waals surface area (Å²) in [6.45, 7) is 6.44. The van der Waals surface area contributed by atoms with Crippen LogP contribution >= 0.6 is 11.3 Å². The van der Waals surface area contributed by atoms with Gasteiger partial charge in [-0.25, -0.2) is 0 Å². The Morgan fingerprint density at radius 2 is 1.89 bits per heavy atom. The van der Waals surface area contributed by atoms with Crippen molar-refractivity contribution in [2.45, 2.75) is 27.2 Å². The van der Waals surface area contributed by atoms with Crippen LogP contribution in [-0.4, -0.2) is 19.8 Å². The summed E-state index contributed by atoms with van der Waals surface area (Å²) in [6, 6.07) is 8.41. The van der Waals surface area contributed by atoms with E-state index in [1.54, 1.807) is 11.3 Å². The molecule has 0 N–H and O–H groups in total. The molecule has 0 bridgehead atoms. The molecule has 0 atom stereocenters. The number of hydrogen-bond donors (Lipinski definition) is 0. The summed E-state index contributed by atoms with van der Waals surface area (Å²) in [6.07, 6.45) is 0.901. The van der Waals surface area contributed by atoms with Crippen molar-refractivity contribution in [2.24, 2.45) is 5.92 Å². The minimum absolute atomic E-state index is 0.553. The quantitative estimate of drug-likeness (QED) is 0.734. The highest BCUT2D eigenvalue weighted by molar-refractivity contribution is 7.19. The summed E-state index contributed by atoms with van der Waals surface area (Å²) in [5.74, 6) is 1.50. The third-order valence-electron chi connectivity index (χ3n) is 2.94. The Bertz CT molecular complexity index is 694. The van der Waals surface area contributed by atoms with Crippen molar-refractivity contribution < 1.29 is 0 Å². The molecule has 0 fully saturated rings. The summed E-state index contributed by atoms with van der Waals surface area (Å²) in [7, 11) is 0. The van der Waals surface area contributed by atoms with Gasteiger partial charge < -0.3 is 0 Å². The molecule has 0 saturated carbocycles. The normalized spacial score (nSPS) is 11.6. The first-order valence-electron chi connectivity index (χ1n) is 6.41. The molecule has 0 aliphatic rings. The van der Waals surface area contributed by atoms with E-state index in [1.165, 1.54) is 5.56 Å². The fourth-order valence-electron chi connectivity index (χ4n) is 1.96. The molecule has 3 rings (SSSR count). The van der Waals surface area contributed by atoms with E-state index in [9.17, 15) is 0 Å². The van der Waals surface area contributed by atoms with E-state index < -0.39 is 0 Å². The number of aromatic nitrogens is 4. The smallest absolute Gasteiger partial charge is 0.187 e. The third kappa shape index (κ3) is 2.38. The number of benzene rings is 1. The van der Waals surface area contributed by atoms with Gasteiger partial charge in [-0.05, 0) is 12.8 Å². The molecule has 3 aromatic rings. The van der Waals surface area contributed by atoms with Crippen LogP contribution in [0.15, 0.2) is 24.3 Å². The van der Waals surface area contributed by atoms with E-state index in [2.05, 4.69) is 60.3 Å². The van der Waals surface area contributed by atoms with Crippen LogP contribution in [0.25, 0.3) is 15.5 Å². The van der Waals surface area contributed by atoms with E-state index in [0.29, 0.717) is 5.92 Å². The van der Waals surface area contributed by atoms with Gasteiger partial charge in [0.15, 0.2) is 5.82 Å². The lowest BCUT2D eigenvalue weighted by atomic mass is 10.1. The molecule has 1 aromatic carbocycles. The second kappa shape index (κ2) is 4.74. The third-order valence-corrected chi connectivity index (χ3v) is 3.89. The molecule has 2 heterocycles. The molecule has 0 amide bonds. The number of rotatable bonds is 3. The number of aryl methyl sites for hydroxylation is 1. The van der Waals surface area contributed by atoms with Crippen LogP contribution in [0.3, 0.4) is 0 Å². The van der Waals surface area contributed by atoms with E-state index in [0.717, 1.165) is 27.8 Å². The van der Waals surface area contributed by atoms with E-state index in [-0.39, 0.29) is 0 Å². The van der Waals surface area contributed by atoms with Crippen molar-refractivity contribution >= 4 is 16.3 Å². The topological polar surface area (TPSA) is 43.1 Å². The first kappa shape index (κ1) is 12.3. The highest BCUT2D eigenvalue weighted by Gasteiger charge is 2.13. The minimum atomic E-state index is 0.553. The van der Waals surface area contributed by atoms with Gasteiger partial charge in [-0.15, -0.1) is 10.2 Å². The maximum atomic E-state index is 4.64. The number of fused-ring (bicyclic) bond motifs is 1. The van der Waals surface area contributed by atoms with Crippen LogP contribution in [0.4, 0.5) is 0 Å². The molecule has 0 saturated heterocycles. The van der Waals surface area contributed by atoms with Crippen LogP contribution in [0, 0.1) is 12.8 Å². The molecule has 0 aliphatic heterocycles. The SMILES string of the molecule is Cc1ccc(-c2nn3c(CC(C)C)nnc3s2)cc1. The predicted molar refractivity (Wildman–Crippen MR) is 77.4 cm³/mol. The van der Waals surface area contributed by atoms with Crippen molar-refractivity contribution in [3.05, 3.63) is 35.7 Å². The van der Waals surface area contributed by atoms with E-state index in [4.69, 9.17) is 0 Å². The standard InChI is InChI=1S/C14H16N4S/c1-9(2)8-12-15-16-14-18(12)17-13(19-14)11-6-4-10(3)5-7-11/h4-7,9H,8H2,1-3H3. The van der Waals surface area contributed by atoms with Crippen molar-refractivity contribution in [1.29, 1.82) is 0 Å². The van der Waals surface area contributed by atoms with Crippen LogP contribution in [0.2, 0.25) is 0 Å². The molecule has 4 nitrogen and oxygen atoms in total. The molecular formula is C14H16N4S.